The van der Waals surface area contributed by atoms with Gasteiger partial charge >= 0.3 is 0 Å². The monoisotopic (exact) mass is 352 g/mol. The Labute approximate surface area is 97.3 Å². The van der Waals surface area contributed by atoms with Crippen molar-refractivity contribution in [3.05, 3.63) is 5.32 Å². The van der Waals surface area contributed by atoms with E-state index in [9.17, 15) is 0 Å². The van der Waals surface area contributed by atoms with Crippen molar-refractivity contribution >= 4 is 0 Å². The van der Waals surface area contributed by atoms with Crippen LogP contribution >= 0.6 is 0 Å². The minimum absolute atomic E-state index is 0. The molecule has 1 saturated heterocycles. The molecule has 0 bridgehead atoms. The normalized spacial score (nSPS) is 31.8. The van der Waals surface area contributed by atoms with Gasteiger partial charge in [0.15, 0.2) is 0 Å². The molecule has 13 heavy (non-hydrogen) atoms. The van der Waals surface area contributed by atoms with E-state index in [2.05, 4.69) is 19.2 Å². The summed E-state index contributed by atoms with van der Waals surface area (Å²) in [6, 6.07) is 0. The number of hydrogen-bond donors (Lipinski definition) is 0. The molecule has 1 nitrogen and oxygen atoms in total. The quantitative estimate of drug-likeness (QED) is 0.633. The van der Waals surface area contributed by atoms with Crippen molar-refractivity contribution < 1.29 is 21.1 Å². The Morgan fingerprint density at radius 3 is 1.85 bits per heavy atom. The molecule has 0 aliphatic carbocycles. The summed E-state index contributed by atoms with van der Waals surface area (Å²) in [5.41, 5.74) is 0. The zero-order valence-corrected chi connectivity index (χ0v) is 11.9. The van der Waals surface area contributed by atoms with Crippen LogP contribution in [0, 0.1) is 11.8 Å². The minimum Gasteiger partial charge on any atom is -0.662 e. The molecular formula is C11H22NW-. The van der Waals surface area contributed by atoms with Crippen LogP contribution in [0.5, 0.6) is 0 Å². The van der Waals surface area contributed by atoms with Gasteiger partial charge in [0.2, 0.25) is 0 Å². The van der Waals surface area contributed by atoms with Crippen LogP contribution in [-0.2, 0) is 21.1 Å². The van der Waals surface area contributed by atoms with E-state index in [1.807, 2.05) is 0 Å². The number of rotatable bonds is 0. The van der Waals surface area contributed by atoms with Gasteiger partial charge in [-0.25, -0.2) is 0 Å². The van der Waals surface area contributed by atoms with E-state index in [0.29, 0.717) is 0 Å². The number of hydrogen-bond acceptors (Lipinski definition) is 0. The molecule has 1 heterocycles. The third kappa shape index (κ3) is 6.68. The van der Waals surface area contributed by atoms with Crippen molar-refractivity contribution in [2.45, 2.75) is 46.0 Å². The summed E-state index contributed by atoms with van der Waals surface area (Å²) >= 11 is 0. The molecule has 1 aliphatic heterocycles. The van der Waals surface area contributed by atoms with Gasteiger partial charge in [0.25, 0.3) is 0 Å². The maximum Gasteiger partial charge on any atom is 0 e. The van der Waals surface area contributed by atoms with Crippen molar-refractivity contribution in [3.63, 3.8) is 0 Å². The van der Waals surface area contributed by atoms with E-state index in [1.54, 1.807) is 0 Å². The zero-order valence-electron chi connectivity index (χ0n) is 8.96. The van der Waals surface area contributed by atoms with Crippen molar-refractivity contribution in [2.75, 3.05) is 13.1 Å². The summed E-state index contributed by atoms with van der Waals surface area (Å²) in [6.45, 7) is 6.99. The first-order chi connectivity index (χ1) is 5.79. The van der Waals surface area contributed by atoms with Crippen LogP contribution in [0.4, 0.5) is 0 Å². The summed E-state index contributed by atoms with van der Waals surface area (Å²) in [7, 11) is 0. The van der Waals surface area contributed by atoms with Crippen molar-refractivity contribution in [2.24, 2.45) is 11.8 Å². The molecule has 0 aromatic rings. The Balaban J connectivity index is 0.00000144. The predicted molar refractivity (Wildman–Crippen MR) is 54.5 cm³/mol. The van der Waals surface area contributed by atoms with E-state index >= 15 is 0 Å². The van der Waals surface area contributed by atoms with E-state index in [-0.39, 0.29) is 21.1 Å². The molecule has 0 aromatic carbocycles. The first-order valence-corrected chi connectivity index (χ1v) is 5.42. The molecule has 0 aromatic heterocycles. The summed E-state index contributed by atoms with van der Waals surface area (Å²) < 4.78 is 0. The molecule has 1 fully saturated rings. The molecule has 78 valence electrons. The minimum atomic E-state index is 0. The van der Waals surface area contributed by atoms with Crippen LogP contribution in [-0.4, -0.2) is 13.1 Å². The van der Waals surface area contributed by atoms with Crippen LogP contribution in [0.25, 0.3) is 5.32 Å². The Morgan fingerprint density at radius 1 is 0.923 bits per heavy atom. The van der Waals surface area contributed by atoms with E-state index in [1.165, 1.54) is 32.1 Å². The van der Waals surface area contributed by atoms with E-state index in [4.69, 9.17) is 0 Å². The Bertz CT molecular complexity index is 105. The third-order valence-electron chi connectivity index (χ3n) is 2.83. The molecular weight excluding hydrogens is 330 g/mol. The first-order valence-electron chi connectivity index (χ1n) is 5.42. The van der Waals surface area contributed by atoms with Gasteiger partial charge in [-0.05, 0) is 18.3 Å². The fourth-order valence-corrected chi connectivity index (χ4v) is 2.14. The molecule has 0 radical (unpaired) electrons. The topological polar surface area (TPSA) is 14.1 Å². The van der Waals surface area contributed by atoms with Gasteiger partial charge in [0.05, 0.1) is 0 Å². The molecule has 0 amide bonds. The molecule has 1 rings (SSSR count). The Morgan fingerprint density at radius 2 is 1.38 bits per heavy atom. The number of nitrogens with zero attached hydrogens (tertiary/aromatic N) is 1. The Hall–Kier alpha value is 0.648. The smallest absolute Gasteiger partial charge is 0 e. The summed E-state index contributed by atoms with van der Waals surface area (Å²) in [4.78, 5) is 0. The van der Waals surface area contributed by atoms with Crippen LogP contribution in [0.15, 0.2) is 0 Å². The molecule has 2 unspecified atom stereocenters. The van der Waals surface area contributed by atoms with E-state index < -0.39 is 0 Å². The van der Waals surface area contributed by atoms with Crippen molar-refractivity contribution in [1.82, 2.24) is 0 Å². The van der Waals surface area contributed by atoms with Crippen LogP contribution < -0.4 is 0 Å². The molecule has 0 spiro atoms. The second-order valence-corrected chi connectivity index (χ2v) is 4.40. The summed E-state index contributed by atoms with van der Waals surface area (Å²) in [5, 5.41) is 4.50. The predicted octanol–water partition coefficient (Wildman–Crippen LogP) is 3.59. The Kier molecular flexibility index (Phi) is 8.40. The SMILES string of the molecule is CC1CCC[N-]CCCC(C)C1.[W]. The van der Waals surface area contributed by atoms with Crippen LogP contribution in [0.1, 0.15) is 46.0 Å². The fourth-order valence-electron chi connectivity index (χ4n) is 2.14. The van der Waals surface area contributed by atoms with Gasteiger partial charge in [-0.15, -0.1) is 13.1 Å². The standard InChI is InChI=1S/C11H22N.W/c1-10-5-3-7-12-8-4-6-11(2)9-10;/h10-11H,3-9H2,1-2H3;/q-1;. The van der Waals surface area contributed by atoms with Gasteiger partial charge < -0.3 is 5.32 Å². The van der Waals surface area contributed by atoms with E-state index in [0.717, 1.165) is 24.9 Å². The molecule has 1 aliphatic rings. The molecule has 2 atom stereocenters. The third-order valence-corrected chi connectivity index (χ3v) is 2.83. The van der Waals surface area contributed by atoms with Gasteiger partial charge in [-0.3, -0.25) is 0 Å². The van der Waals surface area contributed by atoms with Gasteiger partial charge in [0.1, 0.15) is 0 Å². The molecule has 0 saturated carbocycles. The largest absolute Gasteiger partial charge is 0.662 e. The van der Waals surface area contributed by atoms with Crippen molar-refractivity contribution in [3.8, 4) is 0 Å². The maximum atomic E-state index is 4.50. The average Bonchev–Trinajstić information content (AvgIpc) is 2.02. The van der Waals surface area contributed by atoms with Gasteiger partial charge in [0, 0.05) is 21.1 Å². The second-order valence-electron chi connectivity index (χ2n) is 4.40. The summed E-state index contributed by atoms with van der Waals surface area (Å²) in [6.07, 6.45) is 6.82. The average molecular weight is 352 g/mol. The maximum absolute atomic E-state index is 4.50. The van der Waals surface area contributed by atoms with Crippen LogP contribution in [0.3, 0.4) is 0 Å². The fraction of sp³-hybridized carbons (Fsp3) is 1.00. The van der Waals surface area contributed by atoms with Crippen molar-refractivity contribution in [1.29, 1.82) is 0 Å². The first kappa shape index (κ1) is 13.6. The van der Waals surface area contributed by atoms with Gasteiger partial charge in [-0.1, -0.05) is 39.5 Å². The zero-order chi connectivity index (χ0) is 8.81. The second kappa shape index (κ2) is 8.00. The van der Waals surface area contributed by atoms with Crippen LogP contribution in [0.2, 0.25) is 0 Å². The van der Waals surface area contributed by atoms with Gasteiger partial charge in [-0.2, -0.15) is 0 Å². The summed E-state index contributed by atoms with van der Waals surface area (Å²) in [5.74, 6) is 1.85. The molecule has 2 heteroatoms. The molecule has 0 N–H and O–H groups in total.